The first kappa shape index (κ1) is 12.7. The zero-order valence-corrected chi connectivity index (χ0v) is 10.0. The van der Waals surface area contributed by atoms with E-state index in [0.29, 0.717) is 6.54 Å². The van der Waals surface area contributed by atoms with E-state index >= 15 is 0 Å². The van der Waals surface area contributed by atoms with Crippen molar-refractivity contribution < 1.29 is 9.72 Å². The standard InChI is InChI=1S/C12H12N4O3/c17-12(14-10-4-2-1-3-5-10)6-7-15-9-11(8-13-15)16(18)19/h1-5,8-9H,6-7H2,(H,14,17). The summed E-state index contributed by atoms with van der Waals surface area (Å²) in [5.74, 6) is -0.163. The van der Waals surface area contributed by atoms with Crippen molar-refractivity contribution in [2.75, 3.05) is 5.32 Å². The number of nitrogens with zero attached hydrogens (tertiary/aromatic N) is 3. The van der Waals surface area contributed by atoms with E-state index in [1.165, 1.54) is 10.9 Å². The maximum atomic E-state index is 11.6. The largest absolute Gasteiger partial charge is 0.326 e. The molecule has 19 heavy (non-hydrogen) atoms. The monoisotopic (exact) mass is 260 g/mol. The lowest BCUT2D eigenvalue weighted by atomic mass is 10.3. The van der Waals surface area contributed by atoms with Gasteiger partial charge in [0.2, 0.25) is 5.91 Å². The van der Waals surface area contributed by atoms with Crippen LogP contribution < -0.4 is 5.32 Å². The van der Waals surface area contributed by atoms with Gasteiger partial charge >= 0.3 is 5.69 Å². The highest BCUT2D eigenvalue weighted by atomic mass is 16.6. The third kappa shape index (κ3) is 3.63. The zero-order chi connectivity index (χ0) is 13.7. The third-order valence-corrected chi connectivity index (χ3v) is 2.46. The summed E-state index contributed by atoms with van der Waals surface area (Å²) in [5.41, 5.74) is 0.641. The van der Waals surface area contributed by atoms with Gasteiger partial charge in [-0.2, -0.15) is 5.10 Å². The Morgan fingerprint density at radius 1 is 1.37 bits per heavy atom. The number of amides is 1. The molecule has 0 aliphatic heterocycles. The molecule has 2 rings (SSSR count). The first-order chi connectivity index (χ1) is 9.15. The number of aromatic nitrogens is 2. The Hall–Kier alpha value is -2.70. The molecule has 0 fully saturated rings. The maximum Gasteiger partial charge on any atom is 0.306 e. The topological polar surface area (TPSA) is 90.1 Å². The van der Waals surface area contributed by atoms with E-state index in [1.54, 1.807) is 12.1 Å². The van der Waals surface area contributed by atoms with Crippen molar-refractivity contribution in [3.63, 3.8) is 0 Å². The predicted molar refractivity (Wildman–Crippen MR) is 68.6 cm³/mol. The van der Waals surface area contributed by atoms with Crippen LogP contribution >= 0.6 is 0 Å². The number of para-hydroxylation sites is 1. The van der Waals surface area contributed by atoms with Gasteiger partial charge in [0.15, 0.2) is 0 Å². The Morgan fingerprint density at radius 2 is 2.11 bits per heavy atom. The van der Waals surface area contributed by atoms with Gasteiger partial charge in [-0.05, 0) is 12.1 Å². The van der Waals surface area contributed by atoms with Crippen molar-refractivity contribution in [3.05, 3.63) is 52.8 Å². The Labute approximate surface area is 109 Å². The van der Waals surface area contributed by atoms with Gasteiger partial charge in [-0.1, -0.05) is 18.2 Å². The molecule has 7 nitrogen and oxygen atoms in total. The molecular weight excluding hydrogens is 248 g/mol. The Bertz CT molecular complexity index is 580. The van der Waals surface area contributed by atoms with Crippen molar-refractivity contribution in [1.29, 1.82) is 0 Å². The molecule has 1 N–H and O–H groups in total. The van der Waals surface area contributed by atoms with E-state index in [0.717, 1.165) is 11.9 Å². The lowest BCUT2D eigenvalue weighted by Gasteiger charge is -2.04. The van der Waals surface area contributed by atoms with E-state index in [4.69, 9.17) is 0 Å². The molecular formula is C12H12N4O3. The van der Waals surface area contributed by atoms with Crippen LogP contribution in [-0.2, 0) is 11.3 Å². The summed E-state index contributed by atoms with van der Waals surface area (Å²) in [6.45, 7) is 0.298. The minimum atomic E-state index is -0.520. The van der Waals surface area contributed by atoms with Gasteiger partial charge in [-0.15, -0.1) is 0 Å². The van der Waals surface area contributed by atoms with E-state index in [-0.39, 0.29) is 18.0 Å². The predicted octanol–water partition coefficient (Wildman–Crippen LogP) is 1.82. The van der Waals surface area contributed by atoms with E-state index in [9.17, 15) is 14.9 Å². The molecule has 0 aliphatic carbocycles. The van der Waals surface area contributed by atoms with Gasteiger partial charge < -0.3 is 5.32 Å². The smallest absolute Gasteiger partial charge is 0.306 e. The second-order valence-corrected chi connectivity index (χ2v) is 3.88. The van der Waals surface area contributed by atoms with Gasteiger partial charge in [0.25, 0.3) is 0 Å². The van der Waals surface area contributed by atoms with Crippen LogP contribution in [0.2, 0.25) is 0 Å². The van der Waals surface area contributed by atoms with Crippen LogP contribution in [0.1, 0.15) is 6.42 Å². The first-order valence-electron chi connectivity index (χ1n) is 5.67. The number of nitro groups is 1. The number of nitrogens with one attached hydrogen (secondary N) is 1. The number of carbonyl (C=O) groups is 1. The van der Waals surface area contributed by atoms with Gasteiger partial charge in [0.05, 0.1) is 4.92 Å². The molecule has 98 valence electrons. The lowest BCUT2D eigenvalue weighted by Crippen LogP contribution is -2.14. The van der Waals surface area contributed by atoms with E-state index in [2.05, 4.69) is 10.4 Å². The fourth-order valence-electron chi connectivity index (χ4n) is 1.53. The van der Waals surface area contributed by atoms with Crippen molar-refractivity contribution in [2.45, 2.75) is 13.0 Å². The number of benzene rings is 1. The number of anilines is 1. The second-order valence-electron chi connectivity index (χ2n) is 3.88. The molecule has 0 bridgehead atoms. The molecule has 0 radical (unpaired) electrons. The van der Waals surface area contributed by atoms with Gasteiger partial charge in [-0.3, -0.25) is 19.6 Å². The van der Waals surface area contributed by atoms with Crippen LogP contribution in [0.4, 0.5) is 11.4 Å². The molecule has 0 saturated carbocycles. The highest BCUT2D eigenvalue weighted by Gasteiger charge is 2.09. The Balaban J connectivity index is 1.84. The highest BCUT2D eigenvalue weighted by Crippen LogP contribution is 2.09. The minimum absolute atomic E-state index is 0.0801. The fraction of sp³-hybridized carbons (Fsp3) is 0.167. The molecule has 0 aliphatic rings. The van der Waals surface area contributed by atoms with Crippen molar-refractivity contribution >= 4 is 17.3 Å². The Kier molecular flexibility index (Phi) is 3.87. The van der Waals surface area contributed by atoms with Crippen molar-refractivity contribution in [2.24, 2.45) is 0 Å². The van der Waals surface area contributed by atoms with Crippen LogP contribution in [0.5, 0.6) is 0 Å². The molecule has 1 amide bonds. The van der Waals surface area contributed by atoms with Gasteiger partial charge in [0.1, 0.15) is 12.4 Å². The number of hydrogen-bond donors (Lipinski definition) is 1. The summed E-state index contributed by atoms with van der Waals surface area (Å²) < 4.78 is 1.38. The quantitative estimate of drug-likeness (QED) is 0.655. The molecule has 1 aromatic heterocycles. The summed E-state index contributed by atoms with van der Waals surface area (Å²) in [6, 6.07) is 9.09. The first-order valence-corrected chi connectivity index (χ1v) is 5.67. The average molecular weight is 260 g/mol. The SMILES string of the molecule is O=C(CCn1cc([N+](=O)[O-])cn1)Nc1ccccc1. The maximum absolute atomic E-state index is 11.6. The number of rotatable bonds is 5. The molecule has 0 spiro atoms. The summed E-state index contributed by atoms with van der Waals surface area (Å²) in [5, 5.41) is 17.0. The summed E-state index contributed by atoms with van der Waals surface area (Å²) in [7, 11) is 0. The molecule has 1 heterocycles. The summed E-state index contributed by atoms with van der Waals surface area (Å²) in [4.78, 5) is 21.6. The van der Waals surface area contributed by atoms with Crippen LogP contribution in [-0.4, -0.2) is 20.6 Å². The summed E-state index contributed by atoms with van der Waals surface area (Å²) in [6.07, 6.45) is 2.67. The third-order valence-electron chi connectivity index (χ3n) is 2.46. The molecule has 1 aromatic carbocycles. The minimum Gasteiger partial charge on any atom is -0.326 e. The molecule has 2 aromatic rings. The molecule has 0 unspecified atom stereocenters. The van der Waals surface area contributed by atoms with Crippen molar-refractivity contribution in [3.8, 4) is 0 Å². The fourth-order valence-corrected chi connectivity index (χ4v) is 1.53. The molecule has 0 atom stereocenters. The normalized spacial score (nSPS) is 10.1. The number of carbonyl (C=O) groups excluding carboxylic acids is 1. The zero-order valence-electron chi connectivity index (χ0n) is 10.0. The Morgan fingerprint density at radius 3 is 2.74 bits per heavy atom. The van der Waals surface area contributed by atoms with Gasteiger partial charge in [-0.25, -0.2) is 0 Å². The van der Waals surface area contributed by atoms with Crippen LogP contribution in [0, 0.1) is 10.1 Å². The van der Waals surface area contributed by atoms with Gasteiger partial charge in [0, 0.05) is 18.7 Å². The van der Waals surface area contributed by atoms with Crippen LogP contribution in [0.15, 0.2) is 42.7 Å². The van der Waals surface area contributed by atoms with E-state index in [1.807, 2.05) is 18.2 Å². The van der Waals surface area contributed by atoms with Crippen molar-refractivity contribution in [1.82, 2.24) is 9.78 Å². The molecule has 7 heteroatoms. The highest BCUT2D eigenvalue weighted by molar-refractivity contribution is 5.90. The van der Waals surface area contributed by atoms with Crippen LogP contribution in [0.25, 0.3) is 0 Å². The number of aryl methyl sites for hydroxylation is 1. The average Bonchev–Trinajstić information content (AvgIpc) is 2.86. The lowest BCUT2D eigenvalue weighted by molar-refractivity contribution is -0.385. The summed E-state index contributed by atoms with van der Waals surface area (Å²) >= 11 is 0. The number of hydrogen-bond acceptors (Lipinski definition) is 4. The van der Waals surface area contributed by atoms with Crippen LogP contribution in [0.3, 0.4) is 0 Å². The molecule has 0 saturated heterocycles. The van der Waals surface area contributed by atoms with E-state index < -0.39 is 4.92 Å². The second kappa shape index (κ2) is 5.76.